The van der Waals surface area contributed by atoms with E-state index < -0.39 is 0 Å². The fourth-order valence-electron chi connectivity index (χ4n) is 3.69. The Morgan fingerprint density at radius 1 is 0.727 bits per heavy atom. The maximum absolute atomic E-state index is 6.20. The van der Waals surface area contributed by atoms with Crippen LogP contribution in [0.2, 0.25) is 10.0 Å². The van der Waals surface area contributed by atoms with Crippen LogP contribution in [0.5, 0.6) is 11.5 Å². The number of methoxy groups -OCH3 is 2. The fraction of sp³-hybridized carbons (Fsp3) is 0.348. The van der Waals surface area contributed by atoms with Gasteiger partial charge in [-0.3, -0.25) is 0 Å². The second-order valence-corrected chi connectivity index (χ2v) is 8.50. The summed E-state index contributed by atoms with van der Waals surface area (Å²) < 4.78 is 10.9. The van der Waals surface area contributed by atoms with Gasteiger partial charge in [-0.05, 0) is 49.2 Å². The Morgan fingerprint density at radius 3 is 1.67 bits per heavy atom. The zero-order valence-electron chi connectivity index (χ0n) is 18.6. The molecule has 33 heavy (non-hydrogen) atoms. The lowest BCUT2D eigenvalue weighted by atomic mass is 10.2. The van der Waals surface area contributed by atoms with Gasteiger partial charge in [0.15, 0.2) is 0 Å². The molecule has 0 amide bonds. The molecule has 1 aliphatic rings. The molecule has 1 saturated heterocycles. The first-order valence-corrected chi connectivity index (χ1v) is 11.5. The van der Waals surface area contributed by atoms with Crippen LogP contribution in [0.4, 0.5) is 29.2 Å². The first-order chi connectivity index (χ1) is 16.1. The number of rotatable bonds is 7. The van der Waals surface area contributed by atoms with E-state index in [9.17, 15) is 0 Å². The molecule has 0 spiro atoms. The average Bonchev–Trinajstić information content (AvgIpc) is 3.09. The van der Waals surface area contributed by atoms with Crippen LogP contribution < -0.4 is 25.0 Å². The topological polar surface area (TPSA) is 84.4 Å². The smallest absolute Gasteiger partial charge is 0.233 e. The van der Waals surface area contributed by atoms with Crippen LogP contribution in [0.1, 0.15) is 25.7 Å². The minimum atomic E-state index is 0.369. The third kappa shape index (κ3) is 5.89. The van der Waals surface area contributed by atoms with Crippen molar-refractivity contribution in [2.45, 2.75) is 25.7 Å². The van der Waals surface area contributed by atoms with Crippen LogP contribution >= 0.6 is 23.2 Å². The highest BCUT2D eigenvalue weighted by Gasteiger charge is 2.17. The van der Waals surface area contributed by atoms with Crippen LogP contribution in [0, 0.1) is 0 Å². The molecule has 8 nitrogen and oxygen atoms in total. The van der Waals surface area contributed by atoms with Crippen LogP contribution in [0.3, 0.4) is 0 Å². The molecule has 2 heterocycles. The molecule has 2 aromatic carbocycles. The number of nitrogens with zero attached hydrogens (tertiary/aromatic N) is 4. The summed E-state index contributed by atoms with van der Waals surface area (Å²) in [6.07, 6.45) is 4.61. The van der Waals surface area contributed by atoms with Crippen molar-refractivity contribution in [1.82, 2.24) is 15.0 Å². The zero-order chi connectivity index (χ0) is 23.2. The number of benzene rings is 2. The number of halogens is 2. The van der Waals surface area contributed by atoms with E-state index >= 15 is 0 Å². The molecular weight excluding hydrogens is 463 g/mol. The average molecular weight is 489 g/mol. The minimum absolute atomic E-state index is 0.369. The van der Waals surface area contributed by atoms with Gasteiger partial charge in [-0.2, -0.15) is 15.0 Å². The minimum Gasteiger partial charge on any atom is -0.495 e. The Balaban J connectivity index is 1.72. The number of nitrogens with one attached hydrogen (secondary N) is 2. The van der Waals surface area contributed by atoms with Gasteiger partial charge >= 0.3 is 0 Å². The molecule has 10 heteroatoms. The molecule has 1 aromatic heterocycles. The van der Waals surface area contributed by atoms with Crippen molar-refractivity contribution < 1.29 is 9.47 Å². The van der Waals surface area contributed by atoms with Crippen molar-refractivity contribution in [3.05, 3.63) is 46.4 Å². The van der Waals surface area contributed by atoms with Gasteiger partial charge in [-0.15, -0.1) is 0 Å². The van der Waals surface area contributed by atoms with Crippen molar-refractivity contribution in [2.75, 3.05) is 42.8 Å². The molecule has 0 unspecified atom stereocenters. The quantitative estimate of drug-likeness (QED) is 0.414. The van der Waals surface area contributed by atoms with Crippen molar-refractivity contribution in [1.29, 1.82) is 0 Å². The Kier molecular flexibility index (Phi) is 7.57. The first-order valence-electron chi connectivity index (χ1n) is 10.8. The van der Waals surface area contributed by atoms with E-state index in [1.165, 1.54) is 12.8 Å². The Hall–Kier alpha value is -2.97. The monoisotopic (exact) mass is 488 g/mol. The summed E-state index contributed by atoms with van der Waals surface area (Å²) >= 11 is 12.4. The molecule has 3 aromatic rings. The first kappa shape index (κ1) is 23.2. The number of anilines is 5. The molecular formula is C23H26Cl2N6O2. The van der Waals surface area contributed by atoms with E-state index in [0.717, 1.165) is 25.9 Å². The van der Waals surface area contributed by atoms with Crippen molar-refractivity contribution in [2.24, 2.45) is 0 Å². The summed E-state index contributed by atoms with van der Waals surface area (Å²) in [5.74, 6) is 2.59. The summed E-state index contributed by atoms with van der Waals surface area (Å²) in [6.45, 7) is 1.79. The van der Waals surface area contributed by atoms with Gasteiger partial charge < -0.3 is 25.0 Å². The van der Waals surface area contributed by atoms with Gasteiger partial charge in [0.05, 0.1) is 25.6 Å². The van der Waals surface area contributed by atoms with Crippen molar-refractivity contribution in [3.8, 4) is 11.5 Å². The van der Waals surface area contributed by atoms with Gasteiger partial charge in [0.25, 0.3) is 0 Å². The van der Waals surface area contributed by atoms with Crippen LogP contribution in [-0.2, 0) is 0 Å². The summed E-state index contributed by atoms with van der Waals surface area (Å²) in [6, 6.07) is 10.6. The molecule has 0 saturated carbocycles. The van der Waals surface area contributed by atoms with E-state index in [0.29, 0.717) is 50.8 Å². The third-order valence-corrected chi connectivity index (χ3v) is 5.80. The Morgan fingerprint density at radius 2 is 1.21 bits per heavy atom. The highest BCUT2D eigenvalue weighted by molar-refractivity contribution is 6.31. The Bertz CT molecular complexity index is 1030. The van der Waals surface area contributed by atoms with Crippen molar-refractivity contribution >= 4 is 52.4 Å². The molecule has 0 aliphatic carbocycles. The predicted octanol–water partition coefficient (Wildman–Crippen LogP) is 6.06. The molecule has 1 fully saturated rings. The van der Waals surface area contributed by atoms with Crippen LogP contribution in [0.25, 0.3) is 0 Å². The van der Waals surface area contributed by atoms with Gasteiger partial charge in [-0.25, -0.2) is 0 Å². The molecule has 4 rings (SSSR count). The number of ether oxygens (including phenoxy) is 2. The molecule has 174 valence electrons. The highest BCUT2D eigenvalue weighted by atomic mass is 35.5. The normalized spacial score (nSPS) is 13.9. The number of hydrogen-bond acceptors (Lipinski definition) is 8. The standard InChI is InChI=1S/C23H26Cl2N6O2/c1-32-19-9-7-15(24)13-17(19)26-21-28-22(27-18-14-16(25)8-10-20(18)33-2)30-23(29-21)31-11-5-3-4-6-12-31/h7-10,13-14H,3-6,11-12H2,1-2H3,(H2,26,27,28,29,30). The summed E-state index contributed by atoms with van der Waals surface area (Å²) in [7, 11) is 3.20. The predicted molar refractivity (Wildman–Crippen MR) is 133 cm³/mol. The molecule has 0 atom stereocenters. The molecule has 2 N–H and O–H groups in total. The van der Waals surface area contributed by atoms with E-state index in [2.05, 4.69) is 20.5 Å². The second kappa shape index (κ2) is 10.8. The second-order valence-electron chi connectivity index (χ2n) is 7.62. The summed E-state index contributed by atoms with van der Waals surface area (Å²) in [4.78, 5) is 16.2. The van der Waals surface area contributed by atoms with Crippen LogP contribution in [-0.4, -0.2) is 42.3 Å². The van der Waals surface area contributed by atoms with Gasteiger partial charge in [-0.1, -0.05) is 36.0 Å². The third-order valence-electron chi connectivity index (χ3n) is 5.33. The lowest BCUT2D eigenvalue weighted by Gasteiger charge is -2.21. The summed E-state index contributed by atoms with van der Waals surface area (Å²) in [5.41, 5.74) is 1.31. The lowest BCUT2D eigenvalue weighted by molar-refractivity contribution is 0.417. The van der Waals surface area contributed by atoms with Crippen LogP contribution in [0.15, 0.2) is 36.4 Å². The molecule has 1 aliphatic heterocycles. The van der Waals surface area contributed by atoms with E-state index in [-0.39, 0.29) is 0 Å². The van der Waals surface area contributed by atoms with Gasteiger partial charge in [0.2, 0.25) is 17.8 Å². The lowest BCUT2D eigenvalue weighted by Crippen LogP contribution is -2.26. The summed E-state index contributed by atoms with van der Waals surface area (Å²) in [5, 5.41) is 7.60. The number of hydrogen-bond donors (Lipinski definition) is 2. The van der Waals surface area contributed by atoms with Gasteiger partial charge in [0, 0.05) is 23.1 Å². The SMILES string of the molecule is COc1ccc(Cl)cc1Nc1nc(Nc2cc(Cl)ccc2OC)nc(N2CCCCCC2)n1. The maximum atomic E-state index is 6.20. The van der Waals surface area contributed by atoms with Gasteiger partial charge in [0.1, 0.15) is 11.5 Å². The van der Waals surface area contributed by atoms with E-state index in [1.54, 1.807) is 50.6 Å². The van der Waals surface area contributed by atoms with E-state index in [4.69, 9.17) is 42.6 Å². The van der Waals surface area contributed by atoms with Crippen molar-refractivity contribution in [3.63, 3.8) is 0 Å². The highest BCUT2D eigenvalue weighted by Crippen LogP contribution is 2.32. The molecule has 0 radical (unpaired) electrons. The maximum Gasteiger partial charge on any atom is 0.233 e. The zero-order valence-corrected chi connectivity index (χ0v) is 20.1. The Labute approximate surface area is 203 Å². The van der Waals surface area contributed by atoms with E-state index in [1.807, 2.05) is 0 Å². The number of aromatic nitrogens is 3. The molecule has 0 bridgehead atoms. The fourth-order valence-corrected chi connectivity index (χ4v) is 4.03. The largest absolute Gasteiger partial charge is 0.495 e.